The molecule has 2 aromatic rings. The first-order valence-electron chi connectivity index (χ1n) is 7.35. The Labute approximate surface area is 138 Å². The van der Waals surface area contributed by atoms with Crippen LogP contribution in [0.25, 0.3) is 0 Å². The minimum atomic E-state index is -0.425. The lowest BCUT2D eigenvalue weighted by Gasteiger charge is -2.09. The Morgan fingerprint density at radius 3 is 2.70 bits per heavy atom. The quantitative estimate of drug-likeness (QED) is 0.848. The summed E-state index contributed by atoms with van der Waals surface area (Å²) < 4.78 is 6.63. The van der Waals surface area contributed by atoms with Crippen molar-refractivity contribution in [3.05, 3.63) is 28.0 Å². The lowest BCUT2D eigenvalue weighted by Crippen LogP contribution is -2.18. The number of carbonyl (C=O) groups excluding carboxylic acids is 2. The molecule has 0 aliphatic rings. The maximum absolute atomic E-state index is 12.4. The van der Waals surface area contributed by atoms with Gasteiger partial charge in [0.15, 0.2) is 5.13 Å². The van der Waals surface area contributed by atoms with Crippen LogP contribution < -0.4 is 5.32 Å². The smallest absolute Gasteiger partial charge is 0.350 e. The number of carbonyl (C=O) groups is 2. The molecule has 2 rings (SSSR count). The Morgan fingerprint density at radius 2 is 2.09 bits per heavy atom. The van der Waals surface area contributed by atoms with E-state index in [0.717, 1.165) is 17.0 Å². The molecule has 0 aromatic carbocycles. The number of hydrogen-bond acceptors (Lipinski definition) is 6. The molecule has 8 heteroatoms. The Balaban J connectivity index is 2.21. The van der Waals surface area contributed by atoms with Crippen LogP contribution in [0, 0.1) is 13.8 Å². The van der Waals surface area contributed by atoms with Crippen molar-refractivity contribution in [2.75, 3.05) is 11.9 Å². The Morgan fingerprint density at radius 1 is 1.39 bits per heavy atom. The van der Waals surface area contributed by atoms with Crippen molar-refractivity contribution < 1.29 is 14.3 Å². The van der Waals surface area contributed by atoms with Gasteiger partial charge < -0.3 is 4.74 Å². The van der Waals surface area contributed by atoms with Crippen molar-refractivity contribution in [1.29, 1.82) is 0 Å². The van der Waals surface area contributed by atoms with Crippen molar-refractivity contribution in [3.63, 3.8) is 0 Å². The van der Waals surface area contributed by atoms with Gasteiger partial charge in [-0.2, -0.15) is 5.10 Å². The van der Waals surface area contributed by atoms with Gasteiger partial charge in [0.25, 0.3) is 5.91 Å². The van der Waals surface area contributed by atoms with Gasteiger partial charge in [0, 0.05) is 6.04 Å². The molecule has 0 aliphatic carbocycles. The molecular weight excluding hydrogens is 316 g/mol. The highest BCUT2D eigenvalue weighted by Crippen LogP contribution is 2.24. The molecule has 0 unspecified atom stereocenters. The summed E-state index contributed by atoms with van der Waals surface area (Å²) in [5.74, 6) is -0.727. The molecule has 0 spiro atoms. The fourth-order valence-corrected chi connectivity index (χ4v) is 2.93. The van der Waals surface area contributed by atoms with Crippen molar-refractivity contribution in [2.45, 2.75) is 40.7 Å². The molecule has 2 heterocycles. The van der Waals surface area contributed by atoms with Crippen molar-refractivity contribution in [2.24, 2.45) is 0 Å². The van der Waals surface area contributed by atoms with Crippen molar-refractivity contribution in [3.8, 4) is 0 Å². The number of rotatable bonds is 5. The summed E-state index contributed by atoms with van der Waals surface area (Å²) in [6.07, 6.45) is 0. The molecule has 1 N–H and O–H groups in total. The number of anilines is 1. The molecule has 0 aliphatic heterocycles. The molecule has 0 radical (unpaired) electrons. The molecule has 23 heavy (non-hydrogen) atoms. The fourth-order valence-electron chi connectivity index (χ4n) is 2.08. The van der Waals surface area contributed by atoms with Gasteiger partial charge in [-0.3, -0.25) is 14.8 Å². The number of amides is 1. The van der Waals surface area contributed by atoms with E-state index in [2.05, 4.69) is 15.4 Å². The maximum Gasteiger partial charge on any atom is 0.350 e. The summed E-state index contributed by atoms with van der Waals surface area (Å²) in [5, 5.41) is 7.40. The van der Waals surface area contributed by atoms with Gasteiger partial charge in [-0.25, -0.2) is 9.78 Å². The molecule has 1 amide bonds. The zero-order valence-corrected chi connectivity index (χ0v) is 14.7. The second kappa shape index (κ2) is 6.91. The number of hydrogen-bond donors (Lipinski definition) is 1. The number of nitrogens with zero attached hydrogens (tertiary/aromatic N) is 3. The molecule has 2 aromatic heterocycles. The molecule has 0 saturated heterocycles. The number of nitrogens with one attached hydrogen (secondary N) is 1. The van der Waals surface area contributed by atoms with E-state index < -0.39 is 5.97 Å². The lowest BCUT2D eigenvalue weighted by atomic mass is 10.3. The highest BCUT2D eigenvalue weighted by molar-refractivity contribution is 7.17. The third-order valence-electron chi connectivity index (χ3n) is 3.06. The van der Waals surface area contributed by atoms with Gasteiger partial charge in [0.1, 0.15) is 10.6 Å². The second-order valence-electron chi connectivity index (χ2n) is 5.32. The largest absolute Gasteiger partial charge is 0.462 e. The zero-order chi connectivity index (χ0) is 17.1. The van der Waals surface area contributed by atoms with Crippen LogP contribution in [-0.4, -0.2) is 33.2 Å². The normalized spacial score (nSPS) is 10.9. The number of aryl methyl sites for hydroxylation is 2. The van der Waals surface area contributed by atoms with E-state index in [1.807, 2.05) is 20.8 Å². The minimum Gasteiger partial charge on any atom is -0.462 e. The summed E-state index contributed by atoms with van der Waals surface area (Å²) >= 11 is 1.10. The predicted octanol–water partition coefficient (Wildman–Crippen LogP) is 2.97. The summed E-state index contributed by atoms with van der Waals surface area (Å²) in [6.45, 7) is 9.49. The van der Waals surface area contributed by atoms with Gasteiger partial charge in [0.05, 0.1) is 18.0 Å². The summed E-state index contributed by atoms with van der Waals surface area (Å²) in [4.78, 5) is 28.9. The maximum atomic E-state index is 12.4. The molecule has 0 saturated carbocycles. The molecular formula is C15H20N4O3S. The average molecular weight is 336 g/mol. The summed E-state index contributed by atoms with van der Waals surface area (Å²) in [5.41, 5.74) is 1.77. The number of aromatic nitrogens is 3. The van der Waals surface area contributed by atoms with Gasteiger partial charge >= 0.3 is 5.97 Å². The average Bonchev–Trinajstić information content (AvgIpc) is 3.02. The van der Waals surface area contributed by atoms with E-state index in [4.69, 9.17) is 4.74 Å². The SMILES string of the molecule is CCOC(=O)c1sc(NC(=O)c2cc(C)nn2C(C)C)nc1C. The monoisotopic (exact) mass is 336 g/mol. The topological polar surface area (TPSA) is 86.1 Å². The van der Waals surface area contributed by atoms with Crippen LogP contribution in [0.1, 0.15) is 58.4 Å². The fraction of sp³-hybridized carbons (Fsp3) is 0.467. The van der Waals surface area contributed by atoms with E-state index in [1.165, 1.54) is 0 Å². The van der Waals surface area contributed by atoms with Crippen LogP contribution in [0.2, 0.25) is 0 Å². The zero-order valence-electron chi connectivity index (χ0n) is 13.8. The van der Waals surface area contributed by atoms with Gasteiger partial charge in [0.2, 0.25) is 0 Å². The molecule has 0 fully saturated rings. The number of thiazole rings is 1. The minimum absolute atomic E-state index is 0.0672. The molecule has 124 valence electrons. The van der Waals surface area contributed by atoms with Crippen LogP contribution in [0.15, 0.2) is 6.07 Å². The first-order chi connectivity index (χ1) is 10.8. The standard InChI is InChI=1S/C15H20N4O3S/c1-6-22-14(21)12-10(5)16-15(23-12)17-13(20)11-7-9(4)18-19(11)8(2)3/h7-8H,6H2,1-5H3,(H,16,17,20). The van der Waals surface area contributed by atoms with Crippen LogP contribution in [0.3, 0.4) is 0 Å². The summed E-state index contributed by atoms with van der Waals surface area (Å²) in [7, 11) is 0. The van der Waals surface area contributed by atoms with E-state index in [1.54, 1.807) is 24.6 Å². The van der Waals surface area contributed by atoms with Crippen LogP contribution in [0.5, 0.6) is 0 Å². The Hall–Kier alpha value is -2.22. The van der Waals surface area contributed by atoms with E-state index in [-0.39, 0.29) is 11.9 Å². The first kappa shape index (κ1) is 17.1. The van der Waals surface area contributed by atoms with Gasteiger partial charge in [-0.1, -0.05) is 11.3 Å². The number of esters is 1. The van der Waals surface area contributed by atoms with Crippen molar-refractivity contribution >= 4 is 28.3 Å². The third kappa shape index (κ3) is 3.76. The van der Waals surface area contributed by atoms with Crippen LogP contribution >= 0.6 is 11.3 Å². The highest BCUT2D eigenvalue weighted by atomic mass is 32.1. The van der Waals surface area contributed by atoms with E-state index in [0.29, 0.717) is 28.0 Å². The number of ether oxygens (including phenoxy) is 1. The second-order valence-corrected chi connectivity index (χ2v) is 6.32. The van der Waals surface area contributed by atoms with Gasteiger partial charge in [-0.05, 0) is 40.7 Å². The lowest BCUT2D eigenvalue weighted by molar-refractivity contribution is 0.0531. The van der Waals surface area contributed by atoms with E-state index >= 15 is 0 Å². The molecule has 0 bridgehead atoms. The Bertz CT molecular complexity index is 733. The third-order valence-corrected chi connectivity index (χ3v) is 4.11. The van der Waals surface area contributed by atoms with Crippen LogP contribution in [0.4, 0.5) is 5.13 Å². The summed E-state index contributed by atoms with van der Waals surface area (Å²) in [6, 6.07) is 1.79. The van der Waals surface area contributed by atoms with E-state index in [9.17, 15) is 9.59 Å². The van der Waals surface area contributed by atoms with Crippen LogP contribution in [-0.2, 0) is 4.74 Å². The first-order valence-corrected chi connectivity index (χ1v) is 8.17. The van der Waals surface area contributed by atoms with Gasteiger partial charge in [-0.15, -0.1) is 0 Å². The van der Waals surface area contributed by atoms with Crippen molar-refractivity contribution in [1.82, 2.24) is 14.8 Å². The Kier molecular flexibility index (Phi) is 5.15. The molecule has 0 atom stereocenters. The predicted molar refractivity (Wildman–Crippen MR) is 88.1 cm³/mol. The highest BCUT2D eigenvalue weighted by Gasteiger charge is 2.20. The molecule has 7 nitrogen and oxygen atoms in total.